The second-order valence-corrected chi connectivity index (χ2v) is 4.69. The molecule has 6 nitrogen and oxygen atoms in total. The predicted molar refractivity (Wildman–Crippen MR) is 79.5 cm³/mol. The first-order valence-corrected chi connectivity index (χ1v) is 6.69. The Morgan fingerprint density at radius 2 is 2.27 bits per heavy atom. The van der Waals surface area contributed by atoms with E-state index >= 15 is 0 Å². The van der Waals surface area contributed by atoms with Crippen molar-refractivity contribution in [3.8, 4) is 17.7 Å². The lowest BCUT2D eigenvalue weighted by Crippen LogP contribution is -2.30. The van der Waals surface area contributed by atoms with Crippen LogP contribution in [-0.2, 0) is 0 Å². The third-order valence-electron chi connectivity index (χ3n) is 2.74. The first-order chi connectivity index (χ1) is 10.6. The molecule has 2 aromatic rings. The Morgan fingerprint density at radius 1 is 1.45 bits per heavy atom. The zero-order valence-electron chi connectivity index (χ0n) is 12.0. The van der Waals surface area contributed by atoms with E-state index < -0.39 is 6.10 Å². The van der Waals surface area contributed by atoms with Gasteiger partial charge >= 0.3 is 0 Å². The van der Waals surface area contributed by atoms with Gasteiger partial charge in [0.25, 0.3) is 5.91 Å². The number of carbonyl (C=O) groups is 1. The van der Waals surface area contributed by atoms with E-state index in [9.17, 15) is 4.79 Å². The number of nitrogens with one attached hydrogen (secondary N) is 1. The molecule has 0 aliphatic heterocycles. The van der Waals surface area contributed by atoms with Crippen molar-refractivity contribution in [1.29, 1.82) is 5.26 Å². The quantitative estimate of drug-likeness (QED) is 0.878. The first kappa shape index (κ1) is 15.5. The second-order valence-electron chi connectivity index (χ2n) is 4.69. The maximum absolute atomic E-state index is 11.9. The average Bonchev–Trinajstić information content (AvgIpc) is 2.53. The van der Waals surface area contributed by atoms with Crippen molar-refractivity contribution in [3.05, 3.63) is 53.7 Å². The summed E-state index contributed by atoms with van der Waals surface area (Å²) in [5, 5.41) is 20.5. The number of nitriles is 1. The van der Waals surface area contributed by atoms with Gasteiger partial charge in [0.15, 0.2) is 0 Å². The monoisotopic (exact) mass is 297 g/mol. The van der Waals surface area contributed by atoms with Crippen LogP contribution in [0.25, 0.3) is 0 Å². The maximum atomic E-state index is 11.9. The molecular formula is C16H15N3O3. The Bertz CT molecular complexity index is 691. The predicted octanol–water partition coefficient (Wildman–Crippen LogP) is 1.86. The van der Waals surface area contributed by atoms with E-state index in [0.29, 0.717) is 22.8 Å². The lowest BCUT2D eigenvalue weighted by atomic mass is 10.2. The van der Waals surface area contributed by atoms with E-state index in [1.807, 2.05) is 6.07 Å². The zero-order valence-corrected chi connectivity index (χ0v) is 12.0. The number of benzene rings is 1. The van der Waals surface area contributed by atoms with E-state index in [1.165, 1.54) is 6.20 Å². The van der Waals surface area contributed by atoms with Crippen LogP contribution in [0.3, 0.4) is 0 Å². The number of nitrogens with zero attached hydrogens (tertiary/aromatic N) is 2. The van der Waals surface area contributed by atoms with Gasteiger partial charge in [-0.2, -0.15) is 5.26 Å². The van der Waals surface area contributed by atoms with Gasteiger partial charge in [-0.25, -0.2) is 4.98 Å². The number of carbonyl (C=O) groups excluding carboxylic acids is 1. The summed E-state index contributed by atoms with van der Waals surface area (Å²) in [6.45, 7) is 1.78. The van der Waals surface area contributed by atoms with Crippen molar-refractivity contribution >= 4 is 5.91 Å². The van der Waals surface area contributed by atoms with Crippen molar-refractivity contribution in [2.24, 2.45) is 0 Å². The number of hydrogen-bond acceptors (Lipinski definition) is 5. The van der Waals surface area contributed by atoms with Crippen LogP contribution in [0.15, 0.2) is 42.6 Å². The Morgan fingerprint density at radius 3 is 2.91 bits per heavy atom. The van der Waals surface area contributed by atoms with Crippen LogP contribution < -0.4 is 10.1 Å². The molecule has 0 fully saturated rings. The molecule has 1 atom stereocenters. The van der Waals surface area contributed by atoms with Crippen molar-refractivity contribution in [2.75, 3.05) is 6.54 Å². The molecule has 0 saturated heterocycles. The molecule has 6 heteroatoms. The van der Waals surface area contributed by atoms with Crippen LogP contribution in [0.1, 0.15) is 22.8 Å². The summed E-state index contributed by atoms with van der Waals surface area (Å²) in [7, 11) is 0. The Kier molecular flexibility index (Phi) is 5.07. The van der Waals surface area contributed by atoms with Gasteiger partial charge in [-0.05, 0) is 31.2 Å². The molecule has 1 aromatic heterocycles. The molecular weight excluding hydrogens is 282 g/mol. The molecule has 0 bridgehead atoms. The summed E-state index contributed by atoms with van der Waals surface area (Å²) >= 11 is 0. The van der Waals surface area contributed by atoms with Gasteiger partial charge < -0.3 is 15.2 Å². The summed E-state index contributed by atoms with van der Waals surface area (Å²) < 4.78 is 5.54. The fourth-order valence-electron chi connectivity index (χ4n) is 1.67. The minimum absolute atomic E-state index is 0.182. The number of aromatic nitrogens is 1. The fourth-order valence-corrected chi connectivity index (χ4v) is 1.67. The summed E-state index contributed by atoms with van der Waals surface area (Å²) in [5.74, 6) is 0.501. The number of rotatable bonds is 5. The summed E-state index contributed by atoms with van der Waals surface area (Å²) in [4.78, 5) is 15.9. The molecule has 1 amide bonds. The molecule has 0 aliphatic carbocycles. The number of hydrogen-bond donors (Lipinski definition) is 2. The van der Waals surface area contributed by atoms with E-state index in [0.717, 1.165) is 0 Å². The average molecular weight is 297 g/mol. The van der Waals surface area contributed by atoms with Crippen LogP contribution in [0.4, 0.5) is 0 Å². The van der Waals surface area contributed by atoms with E-state index in [4.69, 9.17) is 15.1 Å². The van der Waals surface area contributed by atoms with Crippen LogP contribution in [0, 0.1) is 11.3 Å². The lowest BCUT2D eigenvalue weighted by Gasteiger charge is -2.09. The third kappa shape index (κ3) is 4.30. The zero-order chi connectivity index (χ0) is 15.9. The molecule has 0 spiro atoms. The molecule has 22 heavy (non-hydrogen) atoms. The molecule has 0 aliphatic rings. The normalized spacial score (nSPS) is 11.3. The Labute approximate surface area is 128 Å². The number of amides is 1. The highest BCUT2D eigenvalue weighted by atomic mass is 16.5. The smallest absolute Gasteiger partial charge is 0.251 e. The number of ether oxygens (including phenoxy) is 1. The number of aliphatic hydroxyl groups excluding tert-OH is 1. The largest absolute Gasteiger partial charge is 0.439 e. The van der Waals surface area contributed by atoms with Gasteiger partial charge in [-0.1, -0.05) is 6.07 Å². The van der Waals surface area contributed by atoms with E-state index in [2.05, 4.69) is 10.3 Å². The molecule has 2 rings (SSSR count). The summed E-state index contributed by atoms with van der Waals surface area (Å²) in [5.41, 5.74) is 0.866. The first-order valence-electron chi connectivity index (χ1n) is 6.69. The standard InChI is InChI=1S/C16H15N3O3/c1-11(20)9-19-16(21)13-3-2-4-14(7-13)22-15-6-5-12(8-17)10-18-15/h2-7,10-11,20H,9H2,1H3,(H,19,21). The van der Waals surface area contributed by atoms with Crippen LogP contribution in [-0.4, -0.2) is 28.6 Å². The van der Waals surface area contributed by atoms with Gasteiger partial charge in [-0.3, -0.25) is 4.79 Å². The molecule has 0 radical (unpaired) electrons. The van der Waals surface area contributed by atoms with Crippen molar-refractivity contribution in [3.63, 3.8) is 0 Å². The van der Waals surface area contributed by atoms with Crippen molar-refractivity contribution < 1.29 is 14.6 Å². The summed E-state index contributed by atoms with van der Waals surface area (Å²) in [6.07, 6.45) is 0.806. The van der Waals surface area contributed by atoms with Gasteiger partial charge in [0.05, 0.1) is 11.7 Å². The fraction of sp³-hybridized carbons (Fsp3) is 0.188. The molecule has 1 aromatic carbocycles. The Balaban J connectivity index is 2.07. The minimum atomic E-state index is -0.605. The molecule has 1 unspecified atom stereocenters. The Hall–Kier alpha value is -2.91. The lowest BCUT2D eigenvalue weighted by molar-refractivity contribution is 0.0923. The van der Waals surface area contributed by atoms with Gasteiger partial charge in [0.2, 0.25) is 5.88 Å². The SMILES string of the molecule is CC(O)CNC(=O)c1cccc(Oc2ccc(C#N)cn2)c1. The molecule has 2 N–H and O–H groups in total. The second kappa shape index (κ2) is 7.20. The molecule has 112 valence electrons. The van der Waals surface area contributed by atoms with Crippen molar-refractivity contribution in [1.82, 2.24) is 10.3 Å². The highest BCUT2D eigenvalue weighted by Gasteiger charge is 2.08. The van der Waals surface area contributed by atoms with Gasteiger partial charge in [0.1, 0.15) is 11.8 Å². The molecule has 0 saturated carbocycles. The van der Waals surface area contributed by atoms with E-state index in [-0.39, 0.29) is 12.5 Å². The van der Waals surface area contributed by atoms with Crippen LogP contribution >= 0.6 is 0 Å². The van der Waals surface area contributed by atoms with Crippen LogP contribution in [0.2, 0.25) is 0 Å². The summed E-state index contributed by atoms with van der Waals surface area (Å²) in [6, 6.07) is 11.8. The van der Waals surface area contributed by atoms with Gasteiger partial charge in [-0.15, -0.1) is 0 Å². The number of pyridine rings is 1. The van der Waals surface area contributed by atoms with Crippen LogP contribution in [0.5, 0.6) is 11.6 Å². The highest BCUT2D eigenvalue weighted by molar-refractivity contribution is 5.94. The highest BCUT2D eigenvalue weighted by Crippen LogP contribution is 2.20. The minimum Gasteiger partial charge on any atom is -0.439 e. The van der Waals surface area contributed by atoms with Crippen molar-refractivity contribution in [2.45, 2.75) is 13.0 Å². The van der Waals surface area contributed by atoms with E-state index in [1.54, 1.807) is 43.3 Å². The third-order valence-corrected chi connectivity index (χ3v) is 2.74. The number of aliphatic hydroxyl groups is 1. The maximum Gasteiger partial charge on any atom is 0.251 e. The van der Waals surface area contributed by atoms with Gasteiger partial charge in [0, 0.05) is 24.4 Å². The molecule has 1 heterocycles. The topological polar surface area (TPSA) is 95.2 Å².